The number of phosphoric ester groups is 2. The van der Waals surface area contributed by atoms with Gasteiger partial charge in [0.05, 0.1) is 26.4 Å². The molecule has 0 heterocycles. The number of rotatable bonds is 71. The first kappa shape index (κ1) is 88.1. The average Bonchev–Trinajstić information content (AvgIpc) is 2.99. The van der Waals surface area contributed by atoms with Crippen LogP contribution in [0.15, 0.2) is 0 Å². The van der Waals surface area contributed by atoms with Crippen LogP contribution in [0.1, 0.15) is 369 Å². The SMILES string of the molecule is CCCCCCCCCCCCCCCCCCCCCCC(=O)O[C@H](COC(=O)CCCCCCCCCCCCCC)COP(=O)(O)OC[C@@H](O)COP(=O)(O)OC[C@@H](COC(=O)CCCCCCCCCC)OC(=O)CCCCCCCCC(C)CC. The number of aliphatic hydroxyl groups excluding tert-OH is 1. The van der Waals surface area contributed by atoms with Gasteiger partial charge < -0.3 is 33.8 Å². The zero-order valence-electron chi connectivity index (χ0n) is 58.3. The van der Waals surface area contributed by atoms with Gasteiger partial charge in [0, 0.05) is 25.7 Å². The summed E-state index contributed by atoms with van der Waals surface area (Å²) in [6.45, 7) is 7.17. The molecule has 0 saturated heterocycles. The summed E-state index contributed by atoms with van der Waals surface area (Å²) in [4.78, 5) is 72.4. The Hall–Kier alpha value is -1.94. The van der Waals surface area contributed by atoms with Crippen LogP contribution in [0.2, 0.25) is 0 Å². The van der Waals surface area contributed by atoms with E-state index in [1.807, 2.05) is 0 Å². The minimum Gasteiger partial charge on any atom is -0.462 e. The summed E-state index contributed by atoms with van der Waals surface area (Å²) in [6, 6.07) is 0. The molecule has 0 aliphatic heterocycles. The van der Waals surface area contributed by atoms with Crippen LogP contribution in [0.25, 0.3) is 0 Å². The predicted octanol–water partition coefficient (Wildman–Crippen LogP) is 20.5. The Morgan fingerprint density at radius 2 is 0.533 bits per heavy atom. The fraction of sp³-hybridized carbons (Fsp3) is 0.944. The second kappa shape index (κ2) is 64.4. The molecule has 0 aromatic carbocycles. The van der Waals surface area contributed by atoms with Crippen molar-refractivity contribution in [3.8, 4) is 0 Å². The maximum absolute atomic E-state index is 13.0. The Kier molecular flexibility index (Phi) is 63.0. The van der Waals surface area contributed by atoms with Gasteiger partial charge >= 0.3 is 39.5 Å². The van der Waals surface area contributed by atoms with E-state index in [1.54, 1.807) is 0 Å². The third kappa shape index (κ3) is 63.5. The summed E-state index contributed by atoms with van der Waals surface area (Å²) < 4.78 is 68.2. The van der Waals surface area contributed by atoms with Crippen LogP contribution in [0.4, 0.5) is 0 Å². The van der Waals surface area contributed by atoms with Crippen molar-refractivity contribution in [1.82, 2.24) is 0 Å². The molecular weight excluding hydrogens is 1190 g/mol. The monoisotopic (exact) mass is 1320 g/mol. The summed E-state index contributed by atoms with van der Waals surface area (Å²) in [6.07, 6.45) is 51.5. The van der Waals surface area contributed by atoms with Crippen molar-refractivity contribution in [2.45, 2.75) is 387 Å². The van der Waals surface area contributed by atoms with Crippen LogP contribution >= 0.6 is 15.6 Å². The summed E-state index contributed by atoms with van der Waals surface area (Å²) in [5.74, 6) is -1.41. The lowest BCUT2D eigenvalue weighted by Crippen LogP contribution is -2.30. The minimum atomic E-state index is -4.95. The molecule has 0 aromatic rings. The van der Waals surface area contributed by atoms with Gasteiger partial charge in [-0.15, -0.1) is 0 Å². The molecule has 0 aliphatic carbocycles. The van der Waals surface area contributed by atoms with E-state index in [0.29, 0.717) is 25.7 Å². The van der Waals surface area contributed by atoms with Crippen molar-refractivity contribution < 1.29 is 80.2 Å². The summed E-state index contributed by atoms with van der Waals surface area (Å²) >= 11 is 0. The highest BCUT2D eigenvalue weighted by Gasteiger charge is 2.30. The van der Waals surface area contributed by atoms with E-state index >= 15 is 0 Å². The van der Waals surface area contributed by atoms with Crippen molar-refractivity contribution in [2.24, 2.45) is 5.92 Å². The van der Waals surface area contributed by atoms with Crippen molar-refractivity contribution in [3.05, 3.63) is 0 Å². The van der Waals surface area contributed by atoms with Crippen LogP contribution in [0, 0.1) is 5.92 Å². The predicted molar refractivity (Wildman–Crippen MR) is 363 cm³/mol. The van der Waals surface area contributed by atoms with Crippen molar-refractivity contribution in [2.75, 3.05) is 39.6 Å². The van der Waals surface area contributed by atoms with Gasteiger partial charge in [0.25, 0.3) is 0 Å². The molecule has 17 nitrogen and oxygen atoms in total. The average molecular weight is 1330 g/mol. The fourth-order valence-electron chi connectivity index (χ4n) is 10.8. The maximum Gasteiger partial charge on any atom is 0.472 e. The molecule has 0 rings (SSSR count). The normalized spacial score (nSPS) is 14.4. The molecular formula is C71H138O17P2. The Morgan fingerprint density at radius 3 is 0.789 bits per heavy atom. The second-order valence-corrected chi connectivity index (χ2v) is 28.8. The van der Waals surface area contributed by atoms with Gasteiger partial charge in [0.1, 0.15) is 19.3 Å². The second-order valence-electron chi connectivity index (χ2n) is 25.9. The lowest BCUT2D eigenvalue weighted by molar-refractivity contribution is -0.161. The number of ether oxygens (including phenoxy) is 4. The number of phosphoric acid groups is 2. The quantitative estimate of drug-likeness (QED) is 0.0222. The van der Waals surface area contributed by atoms with Crippen LogP contribution in [0.5, 0.6) is 0 Å². The molecule has 0 fully saturated rings. The van der Waals surface area contributed by atoms with Gasteiger partial charge in [-0.25, -0.2) is 9.13 Å². The first-order chi connectivity index (χ1) is 43.6. The molecule has 0 aliphatic rings. The maximum atomic E-state index is 13.0. The number of aliphatic hydroxyl groups is 1. The largest absolute Gasteiger partial charge is 0.472 e. The number of carbonyl (C=O) groups excluding carboxylic acids is 4. The first-order valence-corrected chi connectivity index (χ1v) is 40.2. The molecule has 0 amide bonds. The highest BCUT2D eigenvalue weighted by molar-refractivity contribution is 7.47. The van der Waals surface area contributed by atoms with Gasteiger partial charge in [0.15, 0.2) is 12.2 Å². The van der Waals surface area contributed by atoms with E-state index in [0.717, 1.165) is 102 Å². The van der Waals surface area contributed by atoms with E-state index in [4.69, 9.17) is 37.0 Å². The standard InChI is InChI=1S/C71H138O17P2/c1-6-10-13-16-19-22-24-26-27-28-29-30-31-32-33-35-37-40-46-51-56-70(75)87-66(60-82-69(74)55-50-45-39-36-34-25-23-20-17-14-11-7-2)62-85-89(77,78)83-58-65(72)59-84-90(79,80)86-63-67(61-81-68(73)54-49-44-38-21-18-15-12-8-3)88-71(76)57-52-47-42-41-43-48-53-64(5)9-4/h64-67,72H,6-63H2,1-5H3,(H,77,78)(H,79,80)/t64?,65-,66-,67-/m1/s1. The molecule has 534 valence electrons. The fourth-order valence-corrected chi connectivity index (χ4v) is 12.4. The molecule has 0 spiro atoms. The van der Waals surface area contributed by atoms with E-state index in [9.17, 15) is 43.2 Å². The van der Waals surface area contributed by atoms with Crippen molar-refractivity contribution >= 4 is 39.5 Å². The van der Waals surface area contributed by atoms with Crippen LogP contribution in [-0.4, -0.2) is 96.7 Å². The zero-order chi connectivity index (χ0) is 66.3. The lowest BCUT2D eigenvalue weighted by atomic mass is 10.00. The smallest absolute Gasteiger partial charge is 0.462 e. The Balaban J connectivity index is 5.17. The molecule has 0 saturated carbocycles. The van der Waals surface area contributed by atoms with Crippen molar-refractivity contribution in [3.63, 3.8) is 0 Å². The highest BCUT2D eigenvalue weighted by atomic mass is 31.2. The van der Waals surface area contributed by atoms with E-state index in [-0.39, 0.29) is 25.7 Å². The Labute approximate surface area is 549 Å². The number of hydrogen-bond donors (Lipinski definition) is 3. The lowest BCUT2D eigenvalue weighted by Gasteiger charge is -2.21. The summed E-state index contributed by atoms with van der Waals surface area (Å²) in [5.41, 5.74) is 0. The Bertz CT molecular complexity index is 1740. The van der Waals surface area contributed by atoms with Gasteiger partial charge in [-0.3, -0.25) is 37.3 Å². The third-order valence-corrected chi connectivity index (χ3v) is 18.8. The highest BCUT2D eigenvalue weighted by Crippen LogP contribution is 2.45. The first-order valence-electron chi connectivity index (χ1n) is 37.2. The number of esters is 4. The number of hydrogen-bond acceptors (Lipinski definition) is 15. The molecule has 19 heteroatoms. The molecule has 3 N–H and O–H groups in total. The number of carbonyl (C=O) groups is 4. The van der Waals surface area contributed by atoms with E-state index in [1.165, 1.54) is 186 Å². The molecule has 0 aromatic heterocycles. The molecule has 0 bridgehead atoms. The summed E-state index contributed by atoms with van der Waals surface area (Å²) in [5, 5.41) is 10.6. The van der Waals surface area contributed by atoms with Gasteiger partial charge in [-0.05, 0) is 31.6 Å². The van der Waals surface area contributed by atoms with Crippen LogP contribution < -0.4 is 0 Å². The van der Waals surface area contributed by atoms with E-state index < -0.39 is 97.5 Å². The van der Waals surface area contributed by atoms with Crippen LogP contribution in [0.3, 0.4) is 0 Å². The number of unbranched alkanes of at least 4 members (excludes halogenated alkanes) is 42. The van der Waals surface area contributed by atoms with Gasteiger partial charge in [-0.2, -0.15) is 0 Å². The molecule has 3 unspecified atom stereocenters. The van der Waals surface area contributed by atoms with Crippen molar-refractivity contribution in [1.29, 1.82) is 0 Å². The van der Waals surface area contributed by atoms with Crippen LogP contribution in [-0.2, 0) is 65.4 Å². The topological polar surface area (TPSA) is 237 Å². The van der Waals surface area contributed by atoms with E-state index in [2.05, 4.69) is 34.6 Å². The molecule has 90 heavy (non-hydrogen) atoms. The third-order valence-electron chi connectivity index (χ3n) is 16.9. The molecule has 0 radical (unpaired) electrons. The van der Waals surface area contributed by atoms with Gasteiger partial charge in [0.2, 0.25) is 0 Å². The Morgan fingerprint density at radius 1 is 0.311 bits per heavy atom. The molecule has 6 atom stereocenters. The summed E-state index contributed by atoms with van der Waals surface area (Å²) in [7, 11) is -9.90. The minimum absolute atomic E-state index is 0.103. The van der Waals surface area contributed by atoms with Gasteiger partial charge in [-0.1, -0.05) is 317 Å². The zero-order valence-corrected chi connectivity index (χ0v) is 60.1.